The van der Waals surface area contributed by atoms with Gasteiger partial charge in [0.2, 0.25) is 0 Å². The lowest BCUT2D eigenvalue weighted by molar-refractivity contribution is 0.0732. The van der Waals surface area contributed by atoms with Gasteiger partial charge in [0.25, 0.3) is 5.91 Å². The van der Waals surface area contributed by atoms with Crippen LogP contribution in [0, 0.1) is 3.57 Å². The molecule has 0 aliphatic rings. The number of nitrogens with zero attached hydrogens (tertiary/aromatic N) is 1. The second-order valence-corrected chi connectivity index (χ2v) is 9.71. The average molecular weight is 659 g/mol. The number of carbonyl (C=O) groups excluding carboxylic acids is 3. The standard InChI is InChI=1S/C28H17Cl2IN2O5/c29-20-10-5-17(6-11-20)27(35)37-22-14-9-19(16-32-33-26(34)23-3-1-2-4-24(23)31)25(15-22)38-28(36)18-7-12-21(30)13-8-18/h1-16H,(H,33,34)/b32-16+. The molecule has 7 nitrogen and oxygen atoms in total. The van der Waals surface area contributed by atoms with E-state index in [-0.39, 0.29) is 22.6 Å². The summed E-state index contributed by atoms with van der Waals surface area (Å²) in [6.45, 7) is 0. The first-order valence-corrected chi connectivity index (χ1v) is 12.8. The van der Waals surface area contributed by atoms with Crippen molar-refractivity contribution < 1.29 is 23.9 Å². The summed E-state index contributed by atoms with van der Waals surface area (Å²) >= 11 is 13.8. The number of rotatable bonds is 7. The van der Waals surface area contributed by atoms with Crippen molar-refractivity contribution in [3.8, 4) is 11.5 Å². The Bertz CT molecular complexity index is 1520. The molecule has 190 valence electrons. The van der Waals surface area contributed by atoms with Gasteiger partial charge in [-0.3, -0.25) is 4.79 Å². The molecule has 0 unspecified atom stereocenters. The zero-order valence-corrected chi connectivity index (χ0v) is 23.0. The summed E-state index contributed by atoms with van der Waals surface area (Å²) in [5, 5.41) is 4.95. The van der Waals surface area contributed by atoms with Gasteiger partial charge in [0, 0.05) is 25.2 Å². The lowest BCUT2D eigenvalue weighted by atomic mass is 10.2. The summed E-state index contributed by atoms with van der Waals surface area (Å²) in [5.74, 6) is -1.51. The van der Waals surface area contributed by atoms with Gasteiger partial charge >= 0.3 is 11.9 Å². The normalized spacial score (nSPS) is 10.7. The van der Waals surface area contributed by atoms with E-state index in [0.29, 0.717) is 21.2 Å². The minimum atomic E-state index is -0.666. The average Bonchev–Trinajstić information content (AvgIpc) is 2.90. The fraction of sp³-hybridized carbons (Fsp3) is 0. The highest BCUT2D eigenvalue weighted by Gasteiger charge is 2.15. The number of benzene rings is 4. The SMILES string of the molecule is O=C(Oc1ccc(/C=N/NC(=O)c2ccccc2I)c(OC(=O)c2ccc(Cl)cc2)c1)c1ccc(Cl)cc1. The van der Waals surface area contributed by atoms with E-state index in [2.05, 4.69) is 33.1 Å². The zero-order valence-electron chi connectivity index (χ0n) is 19.4. The molecule has 0 spiro atoms. The smallest absolute Gasteiger partial charge is 0.343 e. The third kappa shape index (κ3) is 7.18. The van der Waals surface area contributed by atoms with Crippen LogP contribution in [-0.4, -0.2) is 24.1 Å². The van der Waals surface area contributed by atoms with E-state index >= 15 is 0 Å². The van der Waals surface area contributed by atoms with E-state index in [4.69, 9.17) is 32.7 Å². The van der Waals surface area contributed by atoms with E-state index in [1.165, 1.54) is 48.7 Å². The molecular formula is C28H17Cl2IN2O5. The Balaban J connectivity index is 1.57. The molecule has 0 atom stereocenters. The molecule has 4 rings (SSSR count). The molecule has 4 aromatic carbocycles. The van der Waals surface area contributed by atoms with Gasteiger partial charge in [-0.1, -0.05) is 35.3 Å². The Hall–Kier alpha value is -3.73. The van der Waals surface area contributed by atoms with Gasteiger partial charge in [-0.15, -0.1) is 0 Å². The molecule has 0 aliphatic heterocycles. The largest absolute Gasteiger partial charge is 0.423 e. The van der Waals surface area contributed by atoms with E-state index in [1.807, 2.05) is 6.07 Å². The van der Waals surface area contributed by atoms with Crippen LogP contribution in [0.25, 0.3) is 0 Å². The predicted molar refractivity (Wildman–Crippen MR) is 153 cm³/mol. The van der Waals surface area contributed by atoms with Crippen molar-refractivity contribution >= 4 is 69.9 Å². The van der Waals surface area contributed by atoms with Gasteiger partial charge in [-0.25, -0.2) is 15.0 Å². The lowest BCUT2D eigenvalue weighted by Crippen LogP contribution is -2.19. The summed E-state index contributed by atoms with van der Waals surface area (Å²) in [4.78, 5) is 37.8. The molecule has 0 saturated heterocycles. The second kappa shape index (κ2) is 12.7. The maximum Gasteiger partial charge on any atom is 0.343 e. The van der Waals surface area contributed by atoms with Gasteiger partial charge in [0.1, 0.15) is 11.5 Å². The summed E-state index contributed by atoms with van der Waals surface area (Å²) in [7, 11) is 0. The number of hydrogen-bond donors (Lipinski definition) is 1. The lowest BCUT2D eigenvalue weighted by Gasteiger charge is -2.11. The first-order chi connectivity index (χ1) is 18.3. The Kier molecular flexibility index (Phi) is 9.11. The van der Waals surface area contributed by atoms with Crippen LogP contribution < -0.4 is 14.9 Å². The van der Waals surface area contributed by atoms with Gasteiger partial charge in [0.05, 0.1) is 22.9 Å². The van der Waals surface area contributed by atoms with E-state index in [9.17, 15) is 14.4 Å². The minimum absolute atomic E-state index is 0.0543. The molecule has 0 radical (unpaired) electrons. The predicted octanol–water partition coefficient (Wildman–Crippen LogP) is 6.80. The summed E-state index contributed by atoms with van der Waals surface area (Å²) in [6, 6.07) is 23.8. The van der Waals surface area contributed by atoms with Gasteiger partial charge in [0.15, 0.2) is 0 Å². The number of ether oxygens (including phenoxy) is 2. The molecule has 0 saturated carbocycles. The van der Waals surface area contributed by atoms with Crippen molar-refractivity contribution in [2.75, 3.05) is 0 Å². The Morgan fingerprint density at radius 2 is 1.34 bits per heavy atom. The molecule has 1 amide bonds. The highest BCUT2D eigenvalue weighted by atomic mass is 127. The topological polar surface area (TPSA) is 94.1 Å². The van der Waals surface area contributed by atoms with Crippen molar-refractivity contribution in [2.24, 2.45) is 5.10 Å². The molecule has 1 N–H and O–H groups in total. The van der Waals surface area contributed by atoms with Crippen LogP contribution >= 0.6 is 45.8 Å². The molecule has 0 aliphatic carbocycles. The summed E-state index contributed by atoms with van der Waals surface area (Å²) in [5.41, 5.74) is 3.81. The first kappa shape index (κ1) is 27.3. The molecule has 0 heterocycles. The Morgan fingerprint density at radius 3 is 1.95 bits per heavy atom. The monoisotopic (exact) mass is 658 g/mol. The van der Waals surface area contributed by atoms with Crippen LogP contribution in [0.1, 0.15) is 36.6 Å². The van der Waals surface area contributed by atoms with E-state index < -0.39 is 17.8 Å². The molecule has 0 fully saturated rings. The van der Waals surface area contributed by atoms with E-state index in [1.54, 1.807) is 42.5 Å². The van der Waals surface area contributed by atoms with Crippen LogP contribution in [0.4, 0.5) is 0 Å². The fourth-order valence-corrected chi connectivity index (χ4v) is 4.02. The maximum atomic E-state index is 12.8. The van der Waals surface area contributed by atoms with Crippen molar-refractivity contribution in [3.63, 3.8) is 0 Å². The molecule has 0 bridgehead atoms. The van der Waals surface area contributed by atoms with Crippen molar-refractivity contribution in [1.29, 1.82) is 0 Å². The Labute approximate surface area is 241 Å². The van der Waals surface area contributed by atoms with Gasteiger partial charge in [-0.05, 0) is 95.4 Å². The van der Waals surface area contributed by atoms with Crippen molar-refractivity contribution in [2.45, 2.75) is 0 Å². The fourth-order valence-electron chi connectivity index (χ4n) is 3.14. The molecule has 38 heavy (non-hydrogen) atoms. The highest BCUT2D eigenvalue weighted by molar-refractivity contribution is 14.1. The maximum absolute atomic E-state index is 12.8. The number of halogens is 3. The van der Waals surface area contributed by atoms with Crippen LogP contribution in [0.5, 0.6) is 11.5 Å². The first-order valence-electron chi connectivity index (χ1n) is 11.0. The van der Waals surface area contributed by atoms with Crippen LogP contribution in [-0.2, 0) is 0 Å². The van der Waals surface area contributed by atoms with Crippen molar-refractivity contribution in [3.05, 3.63) is 127 Å². The third-order valence-corrected chi connectivity index (χ3v) is 6.49. The van der Waals surface area contributed by atoms with Crippen molar-refractivity contribution in [1.82, 2.24) is 5.43 Å². The number of carbonyl (C=O) groups is 3. The van der Waals surface area contributed by atoms with Gasteiger partial charge in [-0.2, -0.15) is 5.10 Å². The quantitative estimate of drug-likeness (QED) is 0.0775. The second-order valence-electron chi connectivity index (χ2n) is 7.67. The molecule has 4 aromatic rings. The molecule has 10 heteroatoms. The summed E-state index contributed by atoms with van der Waals surface area (Å²) in [6.07, 6.45) is 1.32. The number of esters is 2. The minimum Gasteiger partial charge on any atom is -0.423 e. The number of hydrogen-bond acceptors (Lipinski definition) is 6. The van der Waals surface area contributed by atoms with Crippen LogP contribution in [0.2, 0.25) is 10.0 Å². The molecular weight excluding hydrogens is 642 g/mol. The number of nitrogens with one attached hydrogen (secondary N) is 1. The third-order valence-electron chi connectivity index (χ3n) is 5.05. The number of hydrazone groups is 1. The number of amides is 1. The summed E-state index contributed by atoms with van der Waals surface area (Å²) < 4.78 is 11.8. The Morgan fingerprint density at radius 1 is 0.763 bits per heavy atom. The zero-order chi connectivity index (χ0) is 27.1. The molecule has 0 aromatic heterocycles. The van der Waals surface area contributed by atoms with Crippen LogP contribution in [0.3, 0.4) is 0 Å². The van der Waals surface area contributed by atoms with E-state index in [0.717, 1.165) is 3.57 Å². The van der Waals surface area contributed by atoms with Gasteiger partial charge < -0.3 is 9.47 Å². The highest BCUT2D eigenvalue weighted by Crippen LogP contribution is 2.26. The van der Waals surface area contributed by atoms with Crippen LogP contribution in [0.15, 0.2) is 96.1 Å².